The summed E-state index contributed by atoms with van der Waals surface area (Å²) in [6.45, 7) is 13.1. The van der Waals surface area contributed by atoms with Gasteiger partial charge in [-0.15, -0.1) is 0 Å². The van der Waals surface area contributed by atoms with Crippen LogP contribution >= 0.6 is 0 Å². The Bertz CT molecular complexity index is 440. The standard InChI is InChI=1S/C14H29NO2.C5H9NO3/c1-7-11(2)12(16)8-13(3,4)9-17-10-14(5,6)15;1-6(9)5(8)3-2-4-7/h7,12,16H,8-10,15H2,1-6H3;4,9H,2-3H2,1H3. The molecule has 0 aliphatic heterocycles. The maximum atomic E-state index is 10.4. The lowest BCUT2D eigenvalue weighted by Crippen LogP contribution is -2.39. The minimum Gasteiger partial charge on any atom is -0.389 e. The third-order valence-electron chi connectivity index (χ3n) is 3.53. The summed E-state index contributed by atoms with van der Waals surface area (Å²) in [5.41, 5.74) is 6.52. The number of nitrogens with zero attached hydrogens (tertiary/aromatic N) is 1. The van der Waals surface area contributed by atoms with E-state index in [1.165, 1.54) is 7.05 Å². The molecule has 0 aromatic rings. The van der Waals surface area contributed by atoms with Gasteiger partial charge in [-0.25, -0.2) is 5.06 Å². The Kier molecular flexibility index (Phi) is 13.4. The van der Waals surface area contributed by atoms with E-state index < -0.39 is 5.91 Å². The highest BCUT2D eigenvalue weighted by Crippen LogP contribution is 2.25. The van der Waals surface area contributed by atoms with E-state index in [1.54, 1.807) is 0 Å². The van der Waals surface area contributed by atoms with Gasteiger partial charge >= 0.3 is 0 Å². The van der Waals surface area contributed by atoms with Crippen molar-refractivity contribution in [1.82, 2.24) is 5.06 Å². The van der Waals surface area contributed by atoms with Gasteiger partial charge in [-0.05, 0) is 45.1 Å². The molecule has 4 N–H and O–H groups in total. The van der Waals surface area contributed by atoms with E-state index in [4.69, 9.17) is 15.7 Å². The molecule has 0 saturated carbocycles. The summed E-state index contributed by atoms with van der Waals surface area (Å²) in [7, 11) is 1.23. The first-order valence-electron chi connectivity index (χ1n) is 8.82. The smallest absolute Gasteiger partial charge is 0.246 e. The Balaban J connectivity index is 0. The van der Waals surface area contributed by atoms with Gasteiger partial charge in [-0.1, -0.05) is 19.9 Å². The molecule has 7 nitrogen and oxygen atoms in total. The number of ether oxygens (including phenoxy) is 1. The third-order valence-corrected chi connectivity index (χ3v) is 3.53. The maximum absolute atomic E-state index is 10.4. The van der Waals surface area contributed by atoms with Gasteiger partial charge in [0.1, 0.15) is 6.29 Å². The molecule has 26 heavy (non-hydrogen) atoms. The topological polar surface area (TPSA) is 113 Å². The van der Waals surface area contributed by atoms with Gasteiger partial charge in [0.15, 0.2) is 0 Å². The summed E-state index contributed by atoms with van der Waals surface area (Å²) in [4.78, 5) is 20.1. The number of hydrogen-bond donors (Lipinski definition) is 3. The molecule has 0 aliphatic carbocycles. The molecule has 0 saturated heterocycles. The molecule has 0 spiro atoms. The number of aldehydes is 1. The van der Waals surface area contributed by atoms with Crippen LogP contribution in [-0.2, 0) is 14.3 Å². The van der Waals surface area contributed by atoms with Crippen LogP contribution in [0.1, 0.15) is 60.8 Å². The number of amides is 1. The summed E-state index contributed by atoms with van der Waals surface area (Å²) in [6.07, 6.45) is 3.16. The van der Waals surface area contributed by atoms with E-state index in [0.29, 0.717) is 31.0 Å². The average Bonchev–Trinajstić information content (AvgIpc) is 2.50. The van der Waals surface area contributed by atoms with Crippen molar-refractivity contribution in [2.75, 3.05) is 20.3 Å². The largest absolute Gasteiger partial charge is 0.389 e. The first-order valence-corrected chi connectivity index (χ1v) is 8.82. The monoisotopic (exact) mass is 374 g/mol. The summed E-state index contributed by atoms with van der Waals surface area (Å²) in [6, 6.07) is 0. The van der Waals surface area contributed by atoms with Crippen LogP contribution < -0.4 is 5.73 Å². The van der Waals surface area contributed by atoms with Gasteiger partial charge in [0.05, 0.1) is 19.3 Å². The van der Waals surface area contributed by atoms with Crippen molar-refractivity contribution in [2.24, 2.45) is 11.1 Å². The van der Waals surface area contributed by atoms with E-state index >= 15 is 0 Å². The van der Waals surface area contributed by atoms with Gasteiger partial charge < -0.3 is 20.4 Å². The zero-order chi connectivity index (χ0) is 21.0. The maximum Gasteiger partial charge on any atom is 0.246 e. The molecule has 1 unspecified atom stereocenters. The van der Waals surface area contributed by atoms with Crippen LogP contribution in [0.4, 0.5) is 0 Å². The molecular weight excluding hydrogens is 336 g/mol. The minimum absolute atomic E-state index is 0.0467. The van der Waals surface area contributed by atoms with Crippen LogP contribution in [0.5, 0.6) is 0 Å². The lowest BCUT2D eigenvalue weighted by molar-refractivity contribution is -0.159. The number of carbonyl (C=O) groups excluding carboxylic acids is 2. The van der Waals surface area contributed by atoms with Crippen molar-refractivity contribution < 1.29 is 24.6 Å². The summed E-state index contributed by atoms with van der Waals surface area (Å²) < 4.78 is 5.62. The van der Waals surface area contributed by atoms with Crippen molar-refractivity contribution in [1.29, 1.82) is 0 Å². The zero-order valence-corrected chi connectivity index (χ0v) is 17.4. The second-order valence-corrected chi connectivity index (χ2v) is 8.02. The number of allylic oxidation sites excluding steroid dienone is 1. The lowest BCUT2D eigenvalue weighted by atomic mass is 9.85. The highest BCUT2D eigenvalue weighted by Gasteiger charge is 2.24. The normalized spacial score (nSPS) is 13.5. The predicted octanol–water partition coefficient (Wildman–Crippen LogP) is 2.30. The Hall–Kier alpha value is -1.28. The fourth-order valence-electron chi connectivity index (χ4n) is 1.87. The molecular formula is C19H38N2O5. The molecule has 0 radical (unpaired) electrons. The van der Waals surface area contributed by atoms with Gasteiger partial charge in [0, 0.05) is 25.4 Å². The average molecular weight is 375 g/mol. The Morgan fingerprint density at radius 1 is 1.27 bits per heavy atom. The SMILES string of the molecule is CC=C(C)C(O)CC(C)(C)COCC(C)(C)N.CN(O)C(=O)CCC=O. The number of aliphatic hydroxyl groups is 1. The molecule has 1 amide bonds. The van der Waals surface area contributed by atoms with E-state index in [2.05, 4.69) is 13.8 Å². The molecule has 1 atom stereocenters. The molecule has 0 aliphatic rings. The van der Waals surface area contributed by atoms with Gasteiger partial charge in [0.25, 0.3) is 0 Å². The molecule has 0 rings (SSSR count). The minimum atomic E-state index is -0.442. The molecule has 7 heteroatoms. The number of rotatable bonds is 10. The number of aliphatic hydroxyl groups excluding tert-OH is 1. The Labute approximate surface area is 158 Å². The van der Waals surface area contributed by atoms with Crippen LogP contribution in [0, 0.1) is 5.41 Å². The Morgan fingerprint density at radius 3 is 2.19 bits per heavy atom. The number of carbonyl (C=O) groups is 2. The summed E-state index contributed by atoms with van der Waals surface area (Å²) in [5.74, 6) is -0.442. The van der Waals surface area contributed by atoms with Crippen LogP contribution in [0.25, 0.3) is 0 Å². The highest BCUT2D eigenvalue weighted by molar-refractivity contribution is 5.76. The summed E-state index contributed by atoms with van der Waals surface area (Å²) in [5, 5.41) is 18.9. The van der Waals surface area contributed by atoms with E-state index in [9.17, 15) is 14.7 Å². The first kappa shape index (κ1) is 26.9. The van der Waals surface area contributed by atoms with Crippen LogP contribution in [-0.4, -0.2) is 59.5 Å². The fraction of sp³-hybridized carbons (Fsp3) is 0.789. The van der Waals surface area contributed by atoms with Crippen molar-refractivity contribution >= 4 is 12.2 Å². The number of nitrogens with two attached hydrogens (primary N) is 1. The van der Waals surface area contributed by atoms with Crippen molar-refractivity contribution in [3.8, 4) is 0 Å². The van der Waals surface area contributed by atoms with E-state index in [-0.39, 0.29) is 29.9 Å². The third kappa shape index (κ3) is 16.2. The van der Waals surface area contributed by atoms with Crippen LogP contribution in [0.2, 0.25) is 0 Å². The van der Waals surface area contributed by atoms with Crippen molar-refractivity contribution in [3.05, 3.63) is 11.6 Å². The number of hydroxylamine groups is 2. The zero-order valence-electron chi connectivity index (χ0n) is 17.4. The second-order valence-electron chi connectivity index (χ2n) is 8.02. The molecule has 0 bridgehead atoms. The van der Waals surface area contributed by atoms with Gasteiger partial charge in [-0.2, -0.15) is 0 Å². The quantitative estimate of drug-likeness (QED) is 0.234. The summed E-state index contributed by atoms with van der Waals surface area (Å²) >= 11 is 0. The van der Waals surface area contributed by atoms with E-state index in [0.717, 1.165) is 5.57 Å². The van der Waals surface area contributed by atoms with Gasteiger partial charge in [0.2, 0.25) is 5.91 Å². The molecule has 154 valence electrons. The molecule has 0 aromatic carbocycles. The van der Waals surface area contributed by atoms with Crippen LogP contribution in [0.15, 0.2) is 11.6 Å². The highest BCUT2D eigenvalue weighted by atomic mass is 16.5. The lowest BCUT2D eigenvalue weighted by Gasteiger charge is -2.29. The molecule has 0 aromatic heterocycles. The Morgan fingerprint density at radius 2 is 1.81 bits per heavy atom. The van der Waals surface area contributed by atoms with Gasteiger partial charge in [-0.3, -0.25) is 10.0 Å². The molecule has 0 fully saturated rings. The van der Waals surface area contributed by atoms with Crippen molar-refractivity contribution in [3.63, 3.8) is 0 Å². The van der Waals surface area contributed by atoms with Crippen molar-refractivity contribution in [2.45, 2.75) is 72.4 Å². The first-order chi connectivity index (χ1) is 11.8. The molecule has 0 heterocycles. The number of hydrogen-bond acceptors (Lipinski definition) is 6. The predicted molar refractivity (Wildman–Crippen MR) is 103 cm³/mol. The fourth-order valence-corrected chi connectivity index (χ4v) is 1.87. The van der Waals surface area contributed by atoms with Crippen LogP contribution in [0.3, 0.4) is 0 Å². The van der Waals surface area contributed by atoms with E-state index in [1.807, 2.05) is 33.8 Å². The second kappa shape index (κ2) is 13.0.